The van der Waals surface area contributed by atoms with Crippen LogP contribution in [0.15, 0.2) is 12.1 Å². The number of nitrogens with one attached hydrogen (secondary N) is 1. The van der Waals surface area contributed by atoms with Crippen LogP contribution in [-0.4, -0.2) is 25.2 Å². The average molecular weight is 282 g/mol. The molecule has 5 heteroatoms. The minimum atomic E-state index is -0.417. The van der Waals surface area contributed by atoms with E-state index < -0.39 is 5.97 Å². The largest absolute Gasteiger partial charge is 0.496 e. The monoisotopic (exact) mass is 281 g/mol. The number of halogens is 1. The van der Waals surface area contributed by atoms with Gasteiger partial charge in [0.05, 0.1) is 19.8 Å². The van der Waals surface area contributed by atoms with Crippen LogP contribution in [0.25, 0.3) is 12.8 Å². The van der Waals surface area contributed by atoms with Crippen molar-refractivity contribution in [1.29, 1.82) is 0 Å². The maximum atomic E-state index is 11.6. The van der Waals surface area contributed by atoms with E-state index in [4.69, 9.17) is 21.1 Å². The normalized spacial score (nSPS) is 16.9. The van der Waals surface area contributed by atoms with E-state index in [1.165, 1.54) is 14.2 Å². The smallest absolute Gasteiger partial charge is 0.338 e. The van der Waals surface area contributed by atoms with Gasteiger partial charge in [-0.2, -0.15) is 0 Å². The Labute approximate surface area is 116 Å². The summed E-state index contributed by atoms with van der Waals surface area (Å²) in [4.78, 5) is 11.3. The fraction of sp³-hybridized carbons (Fsp3) is 0.357. The predicted octanol–water partition coefficient (Wildman–Crippen LogP) is 0.949. The highest BCUT2D eigenvalue weighted by atomic mass is 35.5. The molecule has 1 aliphatic carbocycles. The minimum absolute atomic E-state index is 0.346. The van der Waals surface area contributed by atoms with E-state index in [9.17, 15) is 4.79 Å². The molecule has 0 spiro atoms. The van der Waals surface area contributed by atoms with Gasteiger partial charge < -0.3 is 14.8 Å². The van der Waals surface area contributed by atoms with Crippen LogP contribution >= 0.6 is 11.6 Å². The molecule has 1 aromatic rings. The van der Waals surface area contributed by atoms with Gasteiger partial charge in [-0.1, -0.05) is 18.2 Å². The maximum Gasteiger partial charge on any atom is 0.338 e. The zero-order valence-corrected chi connectivity index (χ0v) is 11.7. The number of carbonyl (C=O) groups excluding carboxylic acids is 1. The number of rotatable bonds is 4. The Bertz CT molecular complexity index is 608. The Balaban J connectivity index is 2.46. The van der Waals surface area contributed by atoms with Crippen LogP contribution in [-0.2, 0) is 4.74 Å². The zero-order chi connectivity index (χ0) is 14.0. The molecule has 0 radical (unpaired) electrons. The number of benzene rings is 1. The number of hydrogen-bond donors (Lipinski definition) is 1. The van der Waals surface area contributed by atoms with E-state index in [2.05, 4.69) is 11.9 Å². The Morgan fingerprint density at radius 2 is 2.16 bits per heavy atom. The standard InChI is InChI=1S/C14H16ClNO3/c1-9-11(8-16-14(15)4-5-14)6-10(13(17)19-3)7-12(9)18-2/h6-8,16H,1,4-5H2,2-3H3/b11-8-. The number of hydrogen-bond acceptors (Lipinski definition) is 4. The first-order valence-electron chi connectivity index (χ1n) is 5.91. The van der Waals surface area contributed by atoms with Crippen LogP contribution in [0.4, 0.5) is 0 Å². The topological polar surface area (TPSA) is 47.6 Å². The van der Waals surface area contributed by atoms with Crippen molar-refractivity contribution >= 4 is 30.3 Å². The molecule has 19 heavy (non-hydrogen) atoms. The SMILES string of the molecule is C=c1c(OC)cc(C(=O)OC)c/c1=C/NC1(Cl)CC1. The van der Waals surface area contributed by atoms with Crippen LogP contribution in [0.3, 0.4) is 0 Å². The molecule has 0 saturated heterocycles. The molecular formula is C14H16ClNO3. The Kier molecular flexibility index (Phi) is 3.71. The van der Waals surface area contributed by atoms with Gasteiger partial charge in [-0.3, -0.25) is 0 Å². The molecule has 2 rings (SSSR count). The summed E-state index contributed by atoms with van der Waals surface area (Å²) in [5.74, 6) is 0.121. The van der Waals surface area contributed by atoms with Gasteiger partial charge in [0.15, 0.2) is 0 Å². The lowest BCUT2D eigenvalue weighted by atomic mass is 10.1. The molecule has 1 aromatic carbocycles. The van der Waals surface area contributed by atoms with Crippen molar-refractivity contribution in [3.05, 3.63) is 28.1 Å². The third kappa shape index (κ3) is 3.01. The minimum Gasteiger partial charge on any atom is -0.496 e. The second kappa shape index (κ2) is 5.13. The summed E-state index contributed by atoms with van der Waals surface area (Å²) in [5.41, 5.74) is 0.416. The maximum absolute atomic E-state index is 11.6. The van der Waals surface area contributed by atoms with Gasteiger partial charge in [0.2, 0.25) is 0 Å². The number of methoxy groups -OCH3 is 2. The van der Waals surface area contributed by atoms with E-state index in [0.29, 0.717) is 16.5 Å². The van der Waals surface area contributed by atoms with Gasteiger partial charge in [0, 0.05) is 16.6 Å². The van der Waals surface area contributed by atoms with Gasteiger partial charge in [0.1, 0.15) is 10.7 Å². The summed E-state index contributed by atoms with van der Waals surface area (Å²) in [6.45, 7) is 3.95. The molecule has 0 unspecified atom stereocenters. The van der Waals surface area contributed by atoms with Crippen molar-refractivity contribution < 1.29 is 14.3 Å². The fourth-order valence-electron chi connectivity index (χ4n) is 1.67. The van der Waals surface area contributed by atoms with E-state index in [0.717, 1.165) is 18.1 Å². The summed E-state index contributed by atoms with van der Waals surface area (Å²) < 4.78 is 9.93. The number of ether oxygens (including phenoxy) is 2. The molecule has 0 bridgehead atoms. The predicted molar refractivity (Wildman–Crippen MR) is 74.5 cm³/mol. The highest BCUT2D eigenvalue weighted by molar-refractivity contribution is 6.25. The Morgan fingerprint density at radius 1 is 1.47 bits per heavy atom. The van der Waals surface area contributed by atoms with Crippen molar-refractivity contribution in [3.8, 4) is 5.75 Å². The molecule has 1 aliphatic rings. The molecule has 0 amide bonds. The van der Waals surface area contributed by atoms with E-state index >= 15 is 0 Å². The molecule has 0 atom stereocenters. The summed E-state index contributed by atoms with van der Waals surface area (Å²) in [7, 11) is 2.87. The molecule has 102 valence electrons. The number of alkyl halides is 1. The first-order chi connectivity index (χ1) is 8.99. The molecule has 4 nitrogen and oxygen atoms in total. The summed E-state index contributed by atoms with van der Waals surface area (Å²) in [6.07, 6.45) is 3.61. The lowest BCUT2D eigenvalue weighted by molar-refractivity contribution is 0.0600. The molecule has 0 heterocycles. The zero-order valence-electron chi connectivity index (χ0n) is 11.0. The van der Waals surface area contributed by atoms with Crippen LogP contribution in [0.2, 0.25) is 0 Å². The third-order valence-corrected chi connectivity index (χ3v) is 3.55. The van der Waals surface area contributed by atoms with Crippen molar-refractivity contribution in [2.75, 3.05) is 14.2 Å². The molecule has 1 N–H and O–H groups in total. The molecule has 1 saturated carbocycles. The van der Waals surface area contributed by atoms with Crippen LogP contribution in [0.5, 0.6) is 5.75 Å². The van der Waals surface area contributed by atoms with Crippen molar-refractivity contribution in [1.82, 2.24) is 5.32 Å². The second-order valence-electron chi connectivity index (χ2n) is 4.49. The van der Waals surface area contributed by atoms with Gasteiger partial charge in [-0.15, -0.1) is 0 Å². The Morgan fingerprint density at radius 3 is 2.68 bits per heavy atom. The lowest BCUT2D eigenvalue weighted by Gasteiger charge is -2.08. The number of esters is 1. The highest BCUT2D eigenvalue weighted by Gasteiger charge is 2.39. The van der Waals surface area contributed by atoms with Crippen molar-refractivity contribution in [2.24, 2.45) is 0 Å². The first-order valence-corrected chi connectivity index (χ1v) is 6.29. The molecular weight excluding hydrogens is 266 g/mol. The van der Waals surface area contributed by atoms with Crippen LogP contribution in [0, 0.1) is 0 Å². The third-order valence-electron chi connectivity index (χ3n) is 3.06. The van der Waals surface area contributed by atoms with E-state index in [1.807, 2.05) is 0 Å². The highest BCUT2D eigenvalue weighted by Crippen LogP contribution is 2.39. The van der Waals surface area contributed by atoms with Gasteiger partial charge in [-0.05, 0) is 25.0 Å². The second-order valence-corrected chi connectivity index (χ2v) is 5.22. The van der Waals surface area contributed by atoms with Crippen LogP contribution in [0.1, 0.15) is 23.2 Å². The van der Waals surface area contributed by atoms with E-state index in [-0.39, 0.29) is 5.00 Å². The molecule has 0 aliphatic heterocycles. The Hall–Kier alpha value is -1.68. The van der Waals surface area contributed by atoms with Gasteiger partial charge in [-0.25, -0.2) is 4.79 Å². The quantitative estimate of drug-likeness (QED) is 0.507. The molecule has 1 fully saturated rings. The molecule has 0 aromatic heterocycles. The number of carbonyl (C=O) groups is 1. The summed E-state index contributed by atoms with van der Waals surface area (Å²) in [5, 5.41) is 4.57. The average Bonchev–Trinajstić information content (AvgIpc) is 3.15. The van der Waals surface area contributed by atoms with Gasteiger partial charge >= 0.3 is 5.97 Å². The fourth-order valence-corrected chi connectivity index (χ4v) is 1.82. The lowest BCUT2D eigenvalue weighted by Crippen LogP contribution is -2.31. The van der Waals surface area contributed by atoms with Gasteiger partial charge in [0.25, 0.3) is 0 Å². The van der Waals surface area contributed by atoms with Crippen LogP contribution < -0.4 is 20.5 Å². The van der Waals surface area contributed by atoms with Crippen molar-refractivity contribution in [3.63, 3.8) is 0 Å². The summed E-state index contributed by atoms with van der Waals surface area (Å²) >= 11 is 6.16. The van der Waals surface area contributed by atoms with Crippen molar-refractivity contribution in [2.45, 2.75) is 17.8 Å². The first kappa shape index (κ1) is 13.7. The summed E-state index contributed by atoms with van der Waals surface area (Å²) in [6, 6.07) is 3.31. The van der Waals surface area contributed by atoms with E-state index in [1.54, 1.807) is 18.3 Å².